The number of nitrogens with one attached hydrogen (secondary N) is 1. The van der Waals surface area contributed by atoms with E-state index in [0.717, 1.165) is 41.4 Å². The van der Waals surface area contributed by atoms with Gasteiger partial charge in [-0.3, -0.25) is 4.79 Å². The Hall–Kier alpha value is -2.66. The van der Waals surface area contributed by atoms with E-state index in [0.29, 0.717) is 18.0 Å². The molecule has 1 atom stereocenters. The highest BCUT2D eigenvalue weighted by Gasteiger charge is 2.39. The zero-order valence-electron chi connectivity index (χ0n) is 14.5. The number of rotatable bonds is 3. The van der Waals surface area contributed by atoms with Gasteiger partial charge in [0.05, 0.1) is 18.2 Å². The van der Waals surface area contributed by atoms with Crippen molar-refractivity contribution in [3.63, 3.8) is 0 Å². The number of fused-ring (bicyclic) bond motifs is 2. The van der Waals surface area contributed by atoms with Crippen LogP contribution >= 0.6 is 0 Å². The van der Waals surface area contributed by atoms with Crippen molar-refractivity contribution in [1.29, 1.82) is 0 Å². The first-order chi connectivity index (χ1) is 12.6. The van der Waals surface area contributed by atoms with Crippen molar-refractivity contribution in [1.82, 2.24) is 14.9 Å². The van der Waals surface area contributed by atoms with Crippen LogP contribution in [-0.2, 0) is 12.1 Å². The van der Waals surface area contributed by atoms with Gasteiger partial charge in [-0.2, -0.15) is 0 Å². The number of hydrogen-bond donors (Lipinski definition) is 2. The number of aryl methyl sites for hydroxylation is 1. The van der Waals surface area contributed by atoms with Crippen LogP contribution in [0.2, 0.25) is 0 Å². The molecule has 1 aromatic heterocycles. The molecule has 0 saturated heterocycles. The Balaban J connectivity index is 1.47. The molecule has 2 N–H and O–H groups in total. The second-order valence-electron chi connectivity index (χ2n) is 7.46. The summed E-state index contributed by atoms with van der Waals surface area (Å²) in [6.07, 6.45) is 7.52. The van der Waals surface area contributed by atoms with Gasteiger partial charge in [0.25, 0.3) is 5.91 Å². The smallest absolute Gasteiger partial charge is 0.251 e. The molecular formula is C21H21N3O2. The summed E-state index contributed by atoms with van der Waals surface area (Å²) in [6.45, 7) is 0.768. The third kappa shape index (κ3) is 2.35. The first-order valence-corrected chi connectivity index (χ1v) is 9.22. The maximum atomic E-state index is 12.4. The molecule has 2 heterocycles. The largest absolute Gasteiger partial charge is 0.379 e. The summed E-state index contributed by atoms with van der Waals surface area (Å²) < 4.78 is 2.00. The van der Waals surface area contributed by atoms with E-state index in [2.05, 4.69) is 10.3 Å². The lowest BCUT2D eigenvalue weighted by Crippen LogP contribution is -2.39. The maximum Gasteiger partial charge on any atom is 0.251 e. The fourth-order valence-electron chi connectivity index (χ4n) is 4.01. The van der Waals surface area contributed by atoms with Gasteiger partial charge in [0, 0.05) is 24.6 Å². The number of benzene rings is 2. The van der Waals surface area contributed by atoms with Crippen LogP contribution in [0.15, 0.2) is 48.9 Å². The summed E-state index contributed by atoms with van der Waals surface area (Å²) in [6, 6.07) is 12.1. The summed E-state index contributed by atoms with van der Waals surface area (Å²) in [5.41, 5.74) is 1.41. The average molecular weight is 347 g/mol. The molecule has 0 bridgehead atoms. The SMILES string of the molecule is O=C(NC1CCC1)c1ccc2cc([C@@]3(O)CCn4cncc43)ccc2c1. The zero-order valence-corrected chi connectivity index (χ0v) is 14.5. The van der Waals surface area contributed by atoms with Crippen molar-refractivity contribution in [2.24, 2.45) is 0 Å². The van der Waals surface area contributed by atoms with E-state index in [1.54, 1.807) is 12.5 Å². The molecule has 1 aliphatic carbocycles. The van der Waals surface area contributed by atoms with Crippen LogP contribution in [0, 0.1) is 0 Å². The number of carbonyl (C=O) groups is 1. The van der Waals surface area contributed by atoms with Crippen LogP contribution in [0.3, 0.4) is 0 Å². The Kier molecular flexibility index (Phi) is 3.40. The van der Waals surface area contributed by atoms with Crippen molar-refractivity contribution in [2.45, 2.75) is 43.9 Å². The fraction of sp³-hybridized carbons (Fsp3) is 0.333. The predicted molar refractivity (Wildman–Crippen MR) is 98.9 cm³/mol. The molecule has 0 unspecified atom stereocenters. The summed E-state index contributed by atoms with van der Waals surface area (Å²) in [5, 5.41) is 16.3. The number of aliphatic hydroxyl groups is 1. The van der Waals surface area contributed by atoms with E-state index in [4.69, 9.17) is 0 Å². The summed E-state index contributed by atoms with van der Waals surface area (Å²) in [4.78, 5) is 16.5. The summed E-state index contributed by atoms with van der Waals surface area (Å²) >= 11 is 0. The van der Waals surface area contributed by atoms with E-state index in [9.17, 15) is 9.90 Å². The fourth-order valence-corrected chi connectivity index (χ4v) is 4.01. The minimum Gasteiger partial charge on any atom is -0.379 e. The summed E-state index contributed by atoms with van der Waals surface area (Å²) in [5.74, 6) is -0.000926. The molecule has 3 aromatic rings. The summed E-state index contributed by atoms with van der Waals surface area (Å²) in [7, 11) is 0. The molecule has 5 rings (SSSR count). The molecule has 0 radical (unpaired) electrons. The zero-order chi connectivity index (χ0) is 17.7. The Labute approximate surface area is 151 Å². The molecule has 1 aliphatic heterocycles. The standard InChI is InChI=1S/C21H21N3O2/c25-20(23-18-2-1-3-18)16-5-4-15-11-17(7-6-14(15)10-16)21(26)8-9-24-13-22-12-19(21)24/h4-7,10-13,18,26H,1-3,8-9H2,(H,23,25)/t21-/m0/s1. The van der Waals surface area contributed by atoms with Gasteiger partial charge in [-0.05, 0) is 53.8 Å². The Morgan fingerprint density at radius 2 is 2.00 bits per heavy atom. The van der Waals surface area contributed by atoms with Crippen LogP contribution in [0.5, 0.6) is 0 Å². The van der Waals surface area contributed by atoms with Crippen molar-refractivity contribution >= 4 is 16.7 Å². The molecule has 1 amide bonds. The quantitative estimate of drug-likeness (QED) is 0.765. The molecule has 26 heavy (non-hydrogen) atoms. The second-order valence-corrected chi connectivity index (χ2v) is 7.46. The predicted octanol–water partition coefficient (Wildman–Crippen LogP) is 2.96. The van der Waals surface area contributed by atoms with Crippen molar-refractivity contribution in [2.75, 3.05) is 0 Å². The van der Waals surface area contributed by atoms with E-state index >= 15 is 0 Å². The van der Waals surface area contributed by atoms with Gasteiger partial charge in [0.2, 0.25) is 0 Å². The molecule has 2 aromatic carbocycles. The maximum absolute atomic E-state index is 12.4. The highest BCUT2D eigenvalue weighted by molar-refractivity contribution is 5.98. The van der Waals surface area contributed by atoms with Crippen LogP contribution < -0.4 is 5.32 Å². The molecule has 132 valence electrons. The highest BCUT2D eigenvalue weighted by atomic mass is 16.3. The number of nitrogens with zero attached hydrogens (tertiary/aromatic N) is 2. The van der Waals surface area contributed by atoms with Crippen LogP contribution in [0.25, 0.3) is 10.8 Å². The third-order valence-electron chi connectivity index (χ3n) is 5.87. The molecule has 2 aliphatic rings. The van der Waals surface area contributed by atoms with E-state index < -0.39 is 5.60 Å². The number of amides is 1. The molecule has 0 spiro atoms. The van der Waals surface area contributed by atoms with E-state index in [1.165, 1.54) is 6.42 Å². The van der Waals surface area contributed by atoms with E-state index in [-0.39, 0.29) is 5.91 Å². The van der Waals surface area contributed by atoms with Gasteiger partial charge < -0.3 is 15.0 Å². The normalized spacial score (nSPS) is 22.2. The average Bonchev–Trinajstić information content (AvgIpc) is 3.22. The first kappa shape index (κ1) is 15.6. The number of imidazole rings is 1. The highest BCUT2D eigenvalue weighted by Crippen LogP contribution is 2.39. The lowest BCUT2D eigenvalue weighted by atomic mass is 9.88. The topological polar surface area (TPSA) is 67.2 Å². The van der Waals surface area contributed by atoms with Crippen LogP contribution in [0.4, 0.5) is 0 Å². The van der Waals surface area contributed by atoms with Gasteiger partial charge in [-0.1, -0.05) is 18.2 Å². The van der Waals surface area contributed by atoms with Gasteiger partial charge >= 0.3 is 0 Å². The lowest BCUT2D eigenvalue weighted by molar-refractivity contribution is 0.0826. The van der Waals surface area contributed by atoms with Crippen LogP contribution in [-0.4, -0.2) is 26.6 Å². The van der Waals surface area contributed by atoms with Crippen molar-refractivity contribution < 1.29 is 9.90 Å². The van der Waals surface area contributed by atoms with Crippen molar-refractivity contribution in [3.8, 4) is 0 Å². The molecular weight excluding hydrogens is 326 g/mol. The van der Waals surface area contributed by atoms with Crippen LogP contribution in [0.1, 0.15) is 47.3 Å². The minimum atomic E-state index is -0.995. The Bertz CT molecular complexity index is 1010. The van der Waals surface area contributed by atoms with Crippen molar-refractivity contribution in [3.05, 3.63) is 65.7 Å². The number of aromatic nitrogens is 2. The Morgan fingerprint density at radius 3 is 2.81 bits per heavy atom. The minimum absolute atomic E-state index is 0.000926. The first-order valence-electron chi connectivity index (χ1n) is 9.22. The molecule has 5 nitrogen and oxygen atoms in total. The lowest BCUT2D eigenvalue weighted by Gasteiger charge is -2.26. The second kappa shape index (κ2) is 5.68. The van der Waals surface area contributed by atoms with E-state index in [1.807, 2.05) is 41.0 Å². The van der Waals surface area contributed by atoms with Gasteiger partial charge in [-0.15, -0.1) is 0 Å². The molecule has 1 fully saturated rings. The Morgan fingerprint density at radius 1 is 1.19 bits per heavy atom. The number of hydrogen-bond acceptors (Lipinski definition) is 3. The van der Waals surface area contributed by atoms with Gasteiger partial charge in [0.15, 0.2) is 0 Å². The van der Waals surface area contributed by atoms with Gasteiger partial charge in [0.1, 0.15) is 5.60 Å². The van der Waals surface area contributed by atoms with Gasteiger partial charge in [-0.25, -0.2) is 4.98 Å². The molecule has 1 saturated carbocycles. The monoisotopic (exact) mass is 347 g/mol. The molecule has 5 heteroatoms. The third-order valence-corrected chi connectivity index (χ3v) is 5.87. The number of carbonyl (C=O) groups excluding carboxylic acids is 1.